The highest BCUT2D eigenvalue weighted by Gasteiger charge is 2.31. The van der Waals surface area contributed by atoms with Crippen molar-refractivity contribution in [3.8, 4) is 0 Å². The standard InChI is InChI=1S/C36H42F3NO3/c1-25(2)20-32-17-9-19-40(32)35(43)29-15-8-14-28(23-29)34(42)24-30(21-26-10-4-3-5-11-26)33(41)18-7-13-27-12-6-16-31(22-27)36(37,38)39/h3-6,8,10-12,14-16,22-23,25,30,32-33,41H,7,9,13,17-21,24H2,1-2H3/t30-,32?,33-/m1/s1. The van der Waals surface area contributed by atoms with E-state index in [2.05, 4.69) is 13.8 Å². The summed E-state index contributed by atoms with van der Waals surface area (Å²) in [5.74, 6) is -0.0879. The van der Waals surface area contributed by atoms with Crippen molar-refractivity contribution in [2.24, 2.45) is 11.8 Å². The molecule has 0 aliphatic carbocycles. The lowest BCUT2D eigenvalue weighted by Crippen LogP contribution is -2.36. The lowest BCUT2D eigenvalue weighted by Gasteiger charge is -2.26. The van der Waals surface area contributed by atoms with Gasteiger partial charge in [-0.1, -0.05) is 74.5 Å². The van der Waals surface area contributed by atoms with Gasteiger partial charge in [0.05, 0.1) is 11.7 Å². The second kappa shape index (κ2) is 14.8. The summed E-state index contributed by atoms with van der Waals surface area (Å²) in [6, 6.07) is 22.0. The molecule has 7 heteroatoms. The molecule has 43 heavy (non-hydrogen) atoms. The zero-order valence-corrected chi connectivity index (χ0v) is 25.0. The van der Waals surface area contributed by atoms with Crippen LogP contribution in [-0.4, -0.2) is 40.4 Å². The Labute approximate surface area is 252 Å². The highest BCUT2D eigenvalue weighted by atomic mass is 19.4. The maximum Gasteiger partial charge on any atom is 0.416 e. The summed E-state index contributed by atoms with van der Waals surface area (Å²) in [6.07, 6.45) is -0.473. The Hall–Kier alpha value is -3.45. The molecule has 0 aromatic heterocycles. The molecule has 3 aromatic carbocycles. The molecule has 3 atom stereocenters. The molecule has 230 valence electrons. The highest BCUT2D eigenvalue weighted by Crippen LogP contribution is 2.30. The van der Waals surface area contributed by atoms with Crippen LogP contribution in [0, 0.1) is 11.8 Å². The van der Waals surface area contributed by atoms with Crippen molar-refractivity contribution in [2.75, 3.05) is 6.54 Å². The number of aliphatic hydroxyl groups is 1. The van der Waals surface area contributed by atoms with Gasteiger partial charge < -0.3 is 10.0 Å². The Morgan fingerprint density at radius 3 is 2.35 bits per heavy atom. The van der Waals surface area contributed by atoms with Gasteiger partial charge in [-0.05, 0) is 86.1 Å². The highest BCUT2D eigenvalue weighted by molar-refractivity contribution is 6.00. The van der Waals surface area contributed by atoms with Crippen LogP contribution in [0.15, 0.2) is 78.9 Å². The molecule has 0 radical (unpaired) electrons. The van der Waals surface area contributed by atoms with Crippen LogP contribution in [0.3, 0.4) is 0 Å². The molecule has 1 unspecified atom stereocenters. The topological polar surface area (TPSA) is 57.6 Å². The van der Waals surface area contributed by atoms with Gasteiger partial charge in [0.25, 0.3) is 5.91 Å². The van der Waals surface area contributed by atoms with Gasteiger partial charge in [-0.3, -0.25) is 9.59 Å². The van der Waals surface area contributed by atoms with Gasteiger partial charge in [-0.2, -0.15) is 13.2 Å². The van der Waals surface area contributed by atoms with Crippen LogP contribution in [0.25, 0.3) is 0 Å². The first kappa shape index (κ1) is 32.5. The Morgan fingerprint density at radius 1 is 0.930 bits per heavy atom. The van der Waals surface area contributed by atoms with E-state index >= 15 is 0 Å². The number of hydrogen-bond donors (Lipinski definition) is 1. The predicted molar refractivity (Wildman–Crippen MR) is 163 cm³/mol. The Kier molecular flexibility index (Phi) is 11.2. The number of likely N-dealkylation sites (tertiary alicyclic amines) is 1. The summed E-state index contributed by atoms with van der Waals surface area (Å²) in [6.45, 7) is 5.04. The van der Waals surface area contributed by atoms with E-state index < -0.39 is 17.8 Å². The molecular formula is C36H42F3NO3. The monoisotopic (exact) mass is 593 g/mol. The summed E-state index contributed by atoms with van der Waals surface area (Å²) in [5.41, 5.74) is 1.82. The zero-order chi connectivity index (χ0) is 31.0. The van der Waals surface area contributed by atoms with E-state index in [-0.39, 0.29) is 30.1 Å². The third kappa shape index (κ3) is 9.27. The first-order valence-corrected chi connectivity index (χ1v) is 15.3. The number of ketones is 1. The fourth-order valence-corrected chi connectivity index (χ4v) is 6.16. The smallest absolute Gasteiger partial charge is 0.393 e. The predicted octanol–water partition coefficient (Wildman–Crippen LogP) is 8.17. The van der Waals surface area contributed by atoms with Gasteiger partial charge in [-0.25, -0.2) is 0 Å². The van der Waals surface area contributed by atoms with Gasteiger partial charge >= 0.3 is 6.18 Å². The van der Waals surface area contributed by atoms with Crippen molar-refractivity contribution in [3.05, 3.63) is 107 Å². The lowest BCUT2D eigenvalue weighted by atomic mass is 9.85. The number of rotatable bonds is 13. The number of nitrogens with zero attached hydrogens (tertiary/aromatic N) is 1. The van der Waals surface area contributed by atoms with Crippen LogP contribution in [0.2, 0.25) is 0 Å². The molecule has 1 saturated heterocycles. The average Bonchev–Trinajstić information content (AvgIpc) is 3.44. The number of carbonyl (C=O) groups is 2. The van der Waals surface area contributed by atoms with Crippen molar-refractivity contribution in [3.63, 3.8) is 0 Å². The fourth-order valence-electron chi connectivity index (χ4n) is 6.16. The SMILES string of the molecule is CC(C)CC1CCCN1C(=O)c1cccc(C(=O)C[C@@H](Cc2ccccc2)[C@H](O)CCCc2cccc(C(F)(F)F)c2)c1. The first-order chi connectivity index (χ1) is 20.5. The minimum absolute atomic E-state index is 0.0479. The second-order valence-electron chi connectivity index (χ2n) is 12.2. The summed E-state index contributed by atoms with van der Waals surface area (Å²) in [5, 5.41) is 11.2. The summed E-state index contributed by atoms with van der Waals surface area (Å²) in [7, 11) is 0. The third-order valence-electron chi connectivity index (χ3n) is 8.37. The van der Waals surface area contributed by atoms with Gasteiger partial charge in [-0.15, -0.1) is 0 Å². The molecule has 1 amide bonds. The first-order valence-electron chi connectivity index (χ1n) is 15.3. The van der Waals surface area contributed by atoms with Crippen molar-refractivity contribution in [1.82, 2.24) is 4.90 Å². The number of carbonyl (C=O) groups excluding carboxylic acids is 2. The Bertz CT molecular complexity index is 1360. The van der Waals surface area contributed by atoms with Crippen LogP contribution < -0.4 is 0 Å². The van der Waals surface area contributed by atoms with Crippen LogP contribution in [0.5, 0.6) is 0 Å². The number of aryl methyl sites for hydroxylation is 1. The maximum absolute atomic E-state index is 13.5. The second-order valence-corrected chi connectivity index (χ2v) is 12.2. The molecule has 1 heterocycles. The molecule has 1 aliphatic heterocycles. The van der Waals surface area contributed by atoms with E-state index in [0.717, 1.165) is 43.5 Å². The molecule has 0 saturated carbocycles. The van der Waals surface area contributed by atoms with Crippen molar-refractivity contribution in [2.45, 2.75) is 83.5 Å². The maximum atomic E-state index is 13.5. The number of hydrogen-bond acceptors (Lipinski definition) is 3. The average molecular weight is 594 g/mol. The molecule has 0 spiro atoms. The van der Waals surface area contributed by atoms with E-state index in [4.69, 9.17) is 0 Å². The third-order valence-corrected chi connectivity index (χ3v) is 8.37. The van der Waals surface area contributed by atoms with Crippen LogP contribution >= 0.6 is 0 Å². The fraction of sp³-hybridized carbons (Fsp3) is 0.444. The number of aliphatic hydroxyl groups excluding tert-OH is 1. The largest absolute Gasteiger partial charge is 0.416 e. The minimum atomic E-state index is -4.40. The van der Waals surface area contributed by atoms with Crippen LogP contribution in [0.4, 0.5) is 13.2 Å². The van der Waals surface area contributed by atoms with Gasteiger partial charge in [0, 0.05) is 30.1 Å². The van der Waals surface area contributed by atoms with E-state index in [9.17, 15) is 27.9 Å². The van der Waals surface area contributed by atoms with Crippen LogP contribution in [-0.2, 0) is 19.0 Å². The quantitative estimate of drug-likeness (QED) is 0.203. The van der Waals surface area contributed by atoms with Crippen molar-refractivity contribution in [1.29, 1.82) is 0 Å². The molecule has 4 rings (SSSR count). The molecular weight excluding hydrogens is 551 g/mol. The number of halogens is 3. The Morgan fingerprint density at radius 2 is 1.63 bits per heavy atom. The molecule has 1 aliphatic rings. The molecule has 4 nitrogen and oxygen atoms in total. The molecule has 3 aromatic rings. The minimum Gasteiger partial charge on any atom is -0.393 e. The Balaban J connectivity index is 1.44. The number of alkyl halides is 3. The number of benzene rings is 3. The molecule has 0 bridgehead atoms. The van der Waals surface area contributed by atoms with E-state index in [1.54, 1.807) is 30.3 Å². The van der Waals surface area contributed by atoms with Crippen molar-refractivity contribution < 1.29 is 27.9 Å². The normalized spacial score (nSPS) is 16.8. The van der Waals surface area contributed by atoms with Gasteiger partial charge in [0.2, 0.25) is 0 Å². The van der Waals surface area contributed by atoms with Gasteiger partial charge in [0.15, 0.2) is 5.78 Å². The van der Waals surface area contributed by atoms with Crippen molar-refractivity contribution >= 4 is 11.7 Å². The number of Topliss-reactive ketones (excluding diaryl/α,β-unsaturated/α-hetero) is 1. The zero-order valence-electron chi connectivity index (χ0n) is 25.0. The van der Waals surface area contributed by atoms with E-state index in [1.165, 1.54) is 6.07 Å². The van der Waals surface area contributed by atoms with E-state index in [1.807, 2.05) is 35.2 Å². The van der Waals surface area contributed by atoms with Crippen LogP contribution in [0.1, 0.15) is 89.8 Å². The van der Waals surface area contributed by atoms with Gasteiger partial charge in [0.1, 0.15) is 0 Å². The molecule has 1 N–H and O–H groups in total. The summed E-state index contributed by atoms with van der Waals surface area (Å²) < 4.78 is 39.3. The lowest BCUT2D eigenvalue weighted by molar-refractivity contribution is -0.137. The molecule has 1 fully saturated rings. The number of amides is 1. The summed E-state index contributed by atoms with van der Waals surface area (Å²) >= 11 is 0. The summed E-state index contributed by atoms with van der Waals surface area (Å²) in [4.78, 5) is 28.9. The van der Waals surface area contributed by atoms with E-state index in [0.29, 0.717) is 48.3 Å².